The van der Waals surface area contributed by atoms with E-state index in [1.807, 2.05) is 13.8 Å². The summed E-state index contributed by atoms with van der Waals surface area (Å²) < 4.78 is 0. The number of carbonyl (C=O) groups is 2. The summed E-state index contributed by atoms with van der Waals surface area (Å²) in [5.41, 5.74) is 0. The van der Waals surface area contributed by atoms with E-state index in [2.05, 4.69) is 10.6 Å². The fraction of sp³-hybridized carbons (Fsp3) is 0.818. The average molecular weight is 230 g/mol. The number of carboxylic acid groups (broad SMARTS) is 1. The van der Waals surface area contributed by atoms with Crippen LogP contribution in [0, 0.1) is 5.92 Å². The summed E-state index contributed by atoms with van der Waals surface area (Å²) in [6.45, 7) is 7.05. The third kappa shape index (κ3) is 8.23. The minimum atomic E-state index is -0.807. The molecule has 0 aliphatic rings. The fourth-order valence-corrected chi connectivity index (χ4v) is 1.11. The number of carboxylic acids is 1. The number of rotatable bonds is 8. The summed E-state index contributed by atoms with van der Waals surface area (Å²) in [6, 6.07) is -0.271. The van der Waals surface area contributed by atoms with Crippen LogP contribution in [0.2, 0.25) is 0 Å². The number of nitrogens with one attached hydrogen (secondary N) is 2. The van der Waals surface area contributed by atoms with Crippen molar-refractivity contribution in [3.05, 3.63) is 0 Å². The lowest BCUT2D eigenvalue weighted by molar-refractivity contribution is -0.137. The van der Waals surface area contributed by atoms with E-state index < -0.39 is 5.97 Å². The maximum absolute atomic E-state index is 11.5. The van der Waals surface area contributed by atoms with E-state index >= 15 is 0 Å². The summed E-state index contributed by atoms with van der Waals surface area (Å²) in [6.07, 6.45) is 0.671. The highest BCUT2D eigenvalue weighted by Gasteiger charge is 2.11. The SMILES string of the molecule is CC(C)CNC(=O)C(C)NCCCC(=O)O. The predicted octanol–water partition coefficient (Wildman–Crippen LogP) is 0.601. The van der Waals surface area contributed by atoms with Crippen LogP contribution in [-0.4, -0.2) is 36.1 Å². The lowest BCUT2D eigenvalue weighted by Crippen LogP contribution is -2.43. The Morgan fingerprint density at radius 2 is 1.88 bits per heavy atom. The Morgan fingerprint density at radius 1 is 1.25 bits per heavy atom. The van der Waals surface area contributed by atoms with Gasteiger partial charge in [-0.25, -0.2) is 0 Å². The van der Waals surface area contributed by atoms with E-state index in [9.17, 15) is 9.59 Å². The van der Waals surface area contributed by atoms with Crippen LogP contribution in [0.5, 0.6) is 0 Å². The molecular weight excluding hydrogens is 208 g/mol. The van der Waals surface area contributed by atoms with Crippen LogP contribution in [-0.2, 0) is 9.59 Å². The number of carbonyl (C=O) groups excluding carboxylic acids is 1. The van der Waals surface area contributed by atoms with Gasteiger partial charge in [0.2, 0.25) is 5.91 Å². The van der Waals surface area contributed by atoms with E-state index in [-0.39, 0.29) is 18.4 Å². The first-order chi connectivity index (χ1) is 7.43. The number of amides is 1. The lowest BCUT2D eigenvalue weighted by atomic mass is 10.2. The topological polar surface area (TPSA) is 78.4 Å². The largest absolute Gasteiger partial charge is 0.481 e. The Labute approximate surface area is 96.6 Å². The monoisotopic (exact) mass is 230 g/mol. The number of hydrogen-bond donors (Lipinski definition) is 3. The molecule has 0 fully saturated rings. The van der Waals surface area contributed by atoms with Gasteiger partial charge in [0.25, 0.3) is 0 Å². The molecule has 5 nitrogen and oxygen atoms in total. The molecule has 0 rings (SSSR count). The summed E-state index contributed by atoms with van der Waals surface area (Å²) in [4.78, 5) is 21.7. The fourth-order valence-electron chi connectivity index (χ4n) is 1.11. The van der Waals surface area contributed by atoms with Gasteiger partial charge in [-0.15, -0.1) is 0 Å². The standard InChI is InChI=1S/C11H22N2O3/c1-8(2)7-13-11(16)9(3)12-6-4-5-10(14)15/h8-9,12H,4-7H2,1-3H3,(H,13,16)(H,14,15). The molecular formula is C11H22N2O3. The summed E-state index contributed by atoms with van der Waals surface area (Å²) in [5, 5.41) is 14.2. The molecule has 0 aromatic rings. The van der Waals surface area contributed by atoms with Gasteiger partial charge in [-0.05, 0) is 25.8 Å². The molecule has 16 heavy (non-hydrogen) atoms. The zero-order valence-electron chi connectivity index (χ0n) is 10.2. The zero-order chi connectivity index (χ0) is 12.6. The van der Waals surface area contributed by atoms with Crippen molar-refractivity contribution in [2.75, 3.05) is 13.1 Å². The van der Waals surface area contributed by atoms with E-state index in [1.54, 1.807) is 6.92 Å². The predicted molar refractivity (Wildman–Crippen MR) is 62.2 cm³/mol. The van der Waals surface area contributed by atoms with Gasteiger partial charge in [-0.3, -0.25) is 9.59 Å². The lowest BCUT2D eigenvalue weighted by Gasteiger charge is -2.14. The molecule has 0 bridgehead atoms. The third-order valence-electron chi connectivity index (χ3n) is 2.10. The molecule has 1 amide bonds. The molecule has 0 heterocycles. The second kappa shape index (κ2) is 8.10. The van der Waals surface area contributed by atoms with Crippen molar-refractivity contribution in [3.8, 4) is 0 Å². The Hall–Kier alpha value is -1.10. The highest BCUT2D eigenvalue weighted by Crippen LogP contribution is 1.91. The Kier molecular flexibility index (Phi) is 7.54. The molecule has 1 unspecified atom stereocenters. The smallest absolute Gasteiger partial charge is 0.303 e. The molecule has 0 aromatic heterocycles. The van der Waals surface area contributed by atoms with E-state index in [0.717, 1.165) is 0 Å². The van der Waals surface area contributed by atoms with Crippen molar-refractivity contribution in [3.63, 3.8) is 0 Å². The molecule has 1 atom stereocenters. The summed E-state index contributed by atoms with van der Waals surface area (Å²) in [5.74, 6) is -0.411. The quantitative estimate of drug-likeness (QED) is 0.534. The Morgan fingerprint density at radius 3 is 2.38 bits per heavy atom. The van der Waals surface area contributed by atoms with Gasteiger partial charge in [0, 0.05) is 13.0 Å². The van der Waals surface area contributed by atoms with Gasteiger partial charge in [-0.2, -0.15) is 0 Å². The van der Waals surface area contributed by atoms with Gasteiger partial charge in [0.1, 0.15) is 0 Å². The second-order valence-corrected chi connectivity index (χ2v) is 4.31. The normalized spacial score (nSPS) is 12.5. The molecule has 94 valence electrons. The van der Waals surface area contributed by atoms with Crippen LogP contribution < -0.4 is 10.6 Å². The molecule has 0 aromatic carbocycles. The minimum absolute atomic E-state index is 0.0379. The van der Waals surface area contributed by atoms with E-state index in [1.165, 1.54) is 0 Å². The molecule has 0 saturated carbocycles. The first kappa shape index (κ1) is 14.9. The number of aliphatic carboxylic acids is 1. The molecule has 0 radical (unpaired) electrons. The van der Waals surface area contributed by atoms with Gasteiger partial charge in [0.05, 0.1) is 6.04 Å². The van der Waals surface area contributed by atoms with Crippen LogP contribution in [0.15, 0.2) is 0 Å². The Bertz CT molecular complexity index is 229. The third-order valence-corrected chi connectivity index (χ3v) is 2.10. The van der Waals surface area contributed by atoms with E-state index in [0.29, 0.717) is 25.4 Å². The van der Waals surface area contributed by atoms with Crippen LogP contribution in [0.25, 0.3) is 0 Å². The van der Waals surface area contributed by atoms with Crippen LogP contribution in [0.3, 0.4) is 0 Å². The van der Waals surface area contributed by atoms with Gasteiger partial charge in [-0.1, -0.05) is 13.8 Å². The van der Waals surface area contributed by atoms with Crippen molar-refractivity contribution in [1.29, 1.82) is 0 Å². The van der Waals surface area contributed by atoms with Crippen molar-refractivity contribution < 1.29 is 14.7 Å². The molecule has 0 saturated heterocycles. The van der Waals surface area contributed by atoms with Gasteiger partial charge >= 0.3 is 5.97 Å². The van der Waals surface area contributed by atoms with E-state index in [4.69, 9.17) is 5.11 Å². The Balaban J connectivity index is 3.59. The highest BCUT2D eigenvalue weighted by molar-refractivity contribution is 5.81. The average Bonchev–Trinajstić information content (AvgIpc) is 2.20. The van der Waals surface area contributed by atoms with Crippen LogP contribution in [0.4, 0.5) is 0 Å². The van der Waals surface area contributed by atoms with Gasteiger partial charge < -0.3 is 15.7 Å². The molecule has 5 heteroatoms. The minimum Gasteiger partial charge on any atom is -0.481 e. The molecule has 3 N–H and O–H groups in total. The highest BCUT2D eigenvalue weighted by atomic mass is 16.4. The first-order valence-electron chi connectivity index (χ1n) is 5.66. The van der Waals surface area contributed by atoms with Crippen molar-refractivity contribution >= 4 is 11.9 Å². The summed E-state index contributed by atoms with van der Waals surface area (Å²) >= 11 is 0. The van der Waals surface area contributed by atoms with Crippen molar-refractivity contribution in [2.24, 2.45) is 5.92 Å². The number of hydrogen-bond acceptors (Lipinski definition) is 3. The van der Waals surface area contributed by atoms with Crippen molar-refractivity contribution in [1.82, 2.24) is 10.6 Å². The maximum Gasteiger partial charge on any atom is 0.303 e. The van der Waals surface area contributed by atoms with Crippen LogP contribution in [0.1, 0.15) is 33.6 Å². The maximum atomic E-state index is 11.5. The second-order valence-electron chi connectivity index (χ2n) is 4.31. The van der Waals surface area contributed by atoms with Gasteiger partial charge in [0.15, 0.2) is 0 Å². The first-order valence-corrected chi connectivity index (χ1v) is 5.66. The summed E-state index contributed by atoms with van der Waals surface area (Å²) in [7, 11) is 0. The molecule has 0 spiro atoms. The molecule has 0 aliphatic carbocycles. The van der Waals surface area contributed by atoms with Crippen molar-refractivity contribution in [2.45, 2.75) is 39.7 Å². The zero-order valence-corrected chi connectivity index (χ0v) is 10.2. The van der Waals surface area contributed by atoms with Crippen LogP contribution >= 0.6 is 0 Å². The molecule has 0 aliphatic heterocycles.